The standard InChI is InChI=1S/C24H25BrNO7P/c1-4-32-34(29,33-5-2)22-15-18(30-3)14-21(31-16-17-10-7-6-8-11-17)24(22)23-19(25)12-9-13-20(23)26(27)28/h6-15H,4-5,16H2,1-3H3. The number of rotatable bonds is 11. The number of ether oxygens (including phenoxy) is 2. The van der Waals surface area contributed by atoms with Gasteiger partial charge in [-0.3, -0.25) is 14.7 Å². The zero-order chi connectivity index (χ0) is 24.7. The number of hydrogen-bond donors (Lipinski definition) is 0. The number of methoxy groups -OCH3 is 1. The summed E-state index contributed by atoms with van der Waals surface area (Å²) < 4.78 is 37.2. The second kappa shape index (κ2) is 11.6. The average molecular weight is 550 g/mol. The largest absolute Gasteiger partial charge is 0.497 e. The summed E-state index contributed by atoms with van der Waals surface area (Å²) in [6.45, 7) is 3.77. The molecule has 0 spiro atoms. The highest BCUT2D eigenvalue weighted by molar-refractivity contribution is 9.10. The van der Waals surface area contributed by atoms with Crippen LogP contribution in [0.25, 0.3) is 11.1 Å². The van der Waals surface area contributed by atoms with Crippen molar-refractivity contribution in [3.8, 4) is 22.6 Å². The van der Waals surface area contributed by atoms with Crippen molar-refractivity contribution in [1.82, 2.24) is 0 Å². The van der Waals surface area contributed by atoms with Gasteiger partial charge >= 0.3 is 7.60 Å². The first-order valence-corrected chi connectivity index (χ1v) is 12.9. The van der Waals surface area contributed by atoms with Gasteiger partial charge in [-0.15, -0.1) is 0 Å². The van der Waals surface area contributed by atoms with Crippen molar-refractivity contribution >= 4 is 34.5 Å². The summed E-state index contributed by atoms with van der Waals surface area (Å²) in [4.78, 5) is 11.5. The van der Waals surface area contributed by atoms with Crippen LogP contribution < -0.4 is 14.8 Å². The van der Waals surface area contributed by atoms with Gasteiger partial charge in [0.1, 0.15) is 18.1 Å². The molecule has 34 heavy (non-hydrogen) atoms. The summed E-state index contributed by atoms with van der Waals surface area (Å²) in [5.74, 6) is 0.587. The summed E-state index contributed by atoms with van der Waals surface area (Å²) in [6, 6.07) is 17.2. The first kappa shape index (κ1) is 25.9. The Morgan fingerprint density at radius 1 is 0.971 bits per heavy atom. The number of nitro benzene ring substituents is 1. The second-order valence-corrected chi connectivity index (χ2v) is 9.87. The average Bonchev–Trinajstić information content (AvgIpc) is 2.83. The molecule has 0 radical (unpaired) electrons. The van der Waals surface area contributed by atoms with Gasteiger partial charge in [-0.1, -0.05) is 36.4 Å². The van der Waals surface area contributed by atoms with E-state index in [9.17, 15) is 14.7 Å². The monoisotopic (exact) mass is 549 g/mol. The van der Waals surface area contributed by atoms with Crippen molar-refractivity contribution in [2.75, 3.05) is 20.3 Å². The van der Waals surface area contributed by atoms with Crippen molar-refractivity contribution in [3.05, 3.63) is 80.8 Å². The Labute approximate surface area is 206 Å². The zero-order valence-corrected chi connectivity index (χ0v) is 21.5. The van der Waals surface area contributed by atoms with Crippen molar-refractivity contribution < 1.29 is 28.0 Å². The molecule has 0 aliphatic carbocycles. The van der Waals surface area contributed by atoms with Crippen LogP contribution in [0.2, 0.25) is 0 Å². The second-order valence-electron chi connectivity index (χ2n) is 7.02. The van der Waals surface area contributed by atoms with Crippen LogP contribution in [0.4, 0.5) is 5.69 Å². The molecule has 0 aliphatic rings. The van der Waals surface area contributed by atoms with Gasteiger partial charge in [-0.2, -0.15) is 0 Å². The number of nitro groups is 1. The summed E-state index contributed by atoms with van der Waals surface area (Å²) in [5.41, 5.74) is 1.14. The fourth-order valence-electron chi connectivity index (χ4n) is 3.44. The van der Waals surface area contributed by atoms with Crippen LogP contribution in [-0.2, 0) is 20.2 Å². The van der Waals surface area contributed by atoms with E-state index in [1.54, 1.807) is 32.0 Å². The SMILES string of the molecule is CCOP(=O)(OCC)c1cc(OC)cc(OCc2ccccc2)c1-c1c(Br)cccc1[N+](=O)[O-]. The molecule has 0 bridgehead atoms. The van der Waals surface area contributed by atoms with Crippen LogP contribution in [0, 0.1) is 10.1 Å². The third-order valence-electron chi connectivity index (χ3n) is 4.86. The van der Waals surface area contributed by atoms with E-state index in [2.05, 4.69) is 15.9 Å². The molecule has 0 unspecified atom stereocenters. The predicted molar refractivity (Wildman–Crippen MR) is 134 cm³/mol. The molecule has 10 heteroatoms. The first-order valence-electron chi connectivity index (χ1n) is 10.6. The molecule has 0 aliphatic heterocycles. The van der Waals surface area contributed by atoms with Crippen LogP contribution in [0.5, 0.6) is 11.5 Å². The summed E-state index contributed by atoms with van der Waals surface area (Å²) in [7, 11) is -2.45. The lowest BCUT2D eigenvalue weighted by molar-refractivity contribution is -0.384. The van der Waals surface area contributed by atoms with Gasteiger partial charge in [0, 0.05) is 22.2 Å². The Bertz CT molecular complexity index is 1190. The highest BCUT2D eigenvalue weighted by atomic mass is 79.9. The molecule has 3 aromatic carbocycles. The smallest absolute Gasteiger partial charge is 0.362 e. The Balaban J connectivity index is 2.35. The van der Waals surface area contributed by atoms with Crippen LogP contribution >= 0.6 is 23.5 Å². The zero-order valence-electron chi connectivity index (χ0n) is 19.0. The number of benzene rings is 3. The molecule has 0 fully saturated rings. The summed E-state index contributed by atoms with van der Waals surface area (Å²) >= 11 is 3.43. The Kier molecular flexibility index (Phi) is 8.85. The molecule has 0 N–H and O–H groups in total. The van der Waals surface area contributed by atoms with Gasteiger partial charge < -0.3 is 18.5 Å². The van der Waals surface area contributed by atoms with Crippen LogP contribution in [0.3, 0.4) is 0 Å². The molecule has 0 aromatic heterocycles. The molecule has 0 saturated heterocycles. The molecule has 180 valence electrons. The van der Waals surface area contributed by atoms with Gasteiger partial charge in [0.25, 0.3) is 5.69 Å². The van der Waals surface area contributed by atoms with E-state index in [1.807, 2.05) is 30.3 Å². The molecule has 0 atom stereocenters. The van der Waals surface area contributed by atoms with Gasteiger partial charge in [0.05, 0.1) is 36.1 Å². The lowest BCUT2D eigenvalue weighted by Gasteiger charge is -2.23. The van der Waals surface area contributed by atoms with E-state index in [0.29, 0.717) is 10.2 Å². The van der Waals surface area contributed by atoms with Crippen molar-refractivity contribution in [2.45, 2.75) is 20.5 Å². The lowest BCUT2D eigenvalue weighted by Crippen LogP contribution is -2.16. The molecular weight excluding hydrogens is 525 g/mol. The molecular formula is C24H25BrNO7P. The highest BCUT2D eigenvalue weighted by Gasteiger charge is 2.36. The van der Waals surface area contributed by atoms with E-state index < -0.39 is 12.5 Å². The fraction of sp³-hybridized carbons (Fsp3) is 0.250. The van der Waals surface area contributed by atoms with E-state index in [4.69, 9.17) is 18.5 Å². The maximum atomic E-state index is 14.0. The normalized spacial score (nSPS) is 11.3. The lowest BCUT2D eigenvalue weighted by atomic mass is 10.0. The number of halogens is 1. The van der Waals surface area contributed by atoms with Gasteiger partial charge in [-0.05, 0) is 47.5 Å². The van der Waals surface area contributed by atoms with Crippen LogP contribution in [-0.4, -0.2) is 25.2 Å². The maximum Gasteiger partial charge on any atom is 0.362 e. The number of hydrogen-bond acceptors (Lipinski definition) is 7. The van der Waals surface area contributed by atoms with Crippen LogP contribution in [0.1, 0.15) is 19.4 Å². The predicted octanol–water partition coefficient (Wildman–Crippen LogP) is 6.50. The summed E-state index contributed by atoms with van der Waals surface area (Å²) in [5, 5.41) is 12.1. The molecule has 0 saturated carbocycles. The maximum absolute atomic E-state index is 14.0. The van der Waals surface area contributed by atoms with E-state index in [-0.39, 0.29) is 47.7 Å². The third kappa shape index (κ3) is 5.67. The highest BCUT2D eigenvalue weighted by Crippen LogP contribution is 2.54. The van der Waals surface area contributed by atoms with E-state index >= 15 is 0 Å². The van der Waals surface area contributed by atoms with E-state index in [0.717, 1.165) is 5.56 Å². The molecule has 0 amide bonds. The quantitative estimate of drug-likeness (QED) is 0.153. The molecule has 0 heterocycles. The topological polar surface area (TPSA) is 97.1 Å². The van der Waals surface area contributed by atoms with Crippen molar-refractivity contribution in [1.29, 1.82) is 0 Å². The Hall–Kier alpha value is -2.71. The molecule has 3 rings (SSSR count). The number of nitrogens with zero attached hydrogens (tertiary/aromatic N) is 1. The van der Waals surface area contributed by atoms with Gasteiger partial charge in [0.2, 0.25) is 0 Å². The van der Waals surface area contributed by atoms with Crippen LogP contribution in [0.15, 0.2) is 65.1 Å². The van der Waals surface area contributed by atoms with Crippen molar-refractivity contribution in [3.63, 3.8) is 0 Å². The minimum Gasteiger partial charge on any atom is -0.497 e. The fourth-order valence-corrected chi connectivity index (χ4v) is 5.81. The third-order valence-corrected chi connectivity index (χ3v) is 7.66. The minimum atomic E-state index is -3.91. The van der Waals surface area contributed by atoms with Gasteiger partial charge in [-0.25, -0.2) is 0 Å². The van der Waals surface area contributed by atoms with Gasteiger partial charge in [0.15, 0.2) is 0 Å². The minimum absolute atomic E-state index is 0.103. The van der Waals surface area contributed by atoms with E-state index in [1.165, 1.54) is 19.2 Å². The van der Waals surface area contributed by atoms with Crippen molar-refractivity contribution in [2.24, 2.45) is 0 Å². The molecule has 3 aromatic rings. The molecule has 8 nitrogen and oxygen atoms in total. The Morgan fingerprint density at radius 3 is 2.24 bits per heavy atom. The first-order chi connectivity index (χ1) is 16.3. The summed E-state index contributed by atoms with van der Waals surface area (Å²) in [6.07, 6.45) is 0. The Morgan fingerprint density at radius 2 is 1.65 bits per heavy atom.